The molecule has 7 heteroatoms. The van der Waals surface area contributed by atoms with E-state index in [1.807, 2.05) is 12.1 Å². The molecule has 0 aliphatic heterocycles. The zero-order chi connectivity index (χ0) is 13.0. The predicted molar refractivity (Wildman–Crippen MR) is 63.8 cm³/mol. The third kappa shape index (κ3) is 2.55. The summed E-state index contributed by atoms with van der Waals surface area (Å²) in [5.41, 5.74) is 1.13. The van der Waals surface area contributed by atoms with E-state index in [0.717, 1.165) is 5.69 Å². The summed E-state index contributed by atoms with van der Waals surface area (Å²) in [5, 5.41) is 16.0. The second-order valence-corrected chi connectivity index (χ2v) is 3.53. The van der Waals surface area contributed by atoms with Crippen molar-refractivity contribution in [1.29, 1.82) is 5.26 Å². The molecule has 0 aromatic carbocycles. The number of ether oxygens (including phenoxy) is 1. The van der Waals surface area contributed by atoms with Gasteiger partial charge in [-0.3, -0.25) is 0 Å². The number of nitrogens with one attached hydrogen (secondary N) is 1. The highest BCUT2D eigenvalue weighted by Crippen LogP contribution is 2.11. The first-order chi connectivity index (χ1) is 8.72. The van der Waals surface area contributed by atoms with Gasteiger partial charge in [0, 0.05) is 19.3 Å². The van der Waals surface area contributed by atoms with Crippen LogP contribution in [0.2, 0.25) is 0 Å². The summed E-state index contributed by atoms with van der Waals surface area (Å²) in [6, 6.07) is 5.33. The van der Waals surface area contributed by atoms with Crippen LogP contribution in [0.3, 0.4) is 0 Å². The van der Waals surface area contributed by atoms with Gasteiger partial charge in [-0.1, -0.05) is 0 Å². The summed E-state index contributed by atoms with van der Waals surface area (Å²) in [5.74, 6) is 1.08. The Hall–Kier alpha value is -2.62. The van der Waals surface area contributed by atoms with Crippen LogP contribution >= 0.6 is 0 Å². The van der Waals surface area contributed by atoms with Crippen LogP contribution in [-0.4, -0.2) is 26.9 Å². The maximum atomic E-state index is 8.72. The van der Waals surface area contributed by atoms with Gasteiger partial charge in [0.15, 0.2) is 0 Å². The van der Waals surface area contributed by atoms with Crippen molar-refractivity contribution in [2.45, 2.75) is 6.54 Å². The molecule has 2 rings (SSSR count). The van der Waals surface area contributed by atoms with Crippen LogP contribution in [0.5, 0.6) is 5.88 Å². The van der Waals surface area contributed by atoms with Gasteiger partial charge < -0.3 is 10.1 Å². The highest BCUT2D eigenvalue weighted by molar-refractivity contribution is 5.31. The third-order valence-electron chi connectivity index (χ3n) is 2.29. The molecule has 0 unspecified atom stereocenters. The SMILES string of the molecule is COc1cc(CNc2nccc(C#N)n2)nn1C. The normalized spacial score (nSPS) is 9.83. The van der Waals surface area contributed by atoms with Crippen LogP contribution in [0.25, 0.3) is 0 Å². The molecule has 0 saturated carbocycles. The smallest absolute Gasteiger partial charge is 0.224 e. The number of hydrogen-bond donors (Lipinski definition) is 1. The number of nitrogens with zero attached hydrogens (tertiary/aromatic N) is 5. The van der Waals surface area contributed by atoms with Gasteiger partial charge in [-0.25, -0.2) is 14.6 Å². The van der Waals surface area contributed by atoms with Crippen LogP contribution in [-0.2, 0) is 13.6 Å². The highest BCUT2D eigenvalue weighted by atomic mass is 16.5. The lowest BCUT2D eigenvalue weighted by Crippen LogP contribution is -2.05. The summed E-state index contributed by atoms with van der Waals surface area (Å²) in [4.78, 5) is 8.02. The summed E-state index contributed by atoms with van der Waals surface area (Å²) in [6.07, 6.45) is 1.53. The van der Waals surface area contributed by atoms with E-state index in [9.17, 15) is 0 Å². The Morgan fingerprint density at radius 3 is 3.06 bits per heavy atom. The minimum Gasteiger partial charge on any atom is -0.481 e. The fourth-order valence-electron chi connectivity index (χ4n) is 1.46. The Labute approximate surface area is 104 Å². The summed E-state index contributed by atoms with van der Waals surface area (Å²) >= 11 is 0. The number of methoxy groups -OCH3 is 1. The van der Waals surface area contributed by atoms with E-state index in [2.05, 4.69) is 20.4 Å². The van der Waals surface area contributed by atoms with Crippen molar-refractivity contribution in [2.24, 2.45) is 7.05 Å². The van der Waals surface area contributed by atoms with E-state index in [4.69, 9.17) is 10.00 Å². The Morgan fingerprint density at radius 2 is 2.39 bits per heavy atom. The first-order valence-electron chi connectivity index (χ1n) is 5.27. The van der Waals surface area contributed by atoms with Gasteiger partial charge in [0.1, 0.15) is 11.8 Å². The zero-order valence-corrected chi connectivity index (χ0v) is 10.1. The average molecular weight is 244 g/mol. The van der Waals surface area contributed by atoms with Crippen LogP contribution in [0, 0.1) is 11.3 Å². The summed E-state index contributed by atoms with van der Waals surface area (Å²) < 4.78 is 6.75. The molecule has 7 nitrogen and oxygen atoms in total. The number of aryl methyl sites for hydroxylation is 1. The molecule has 2 aromatic rings. The molecule has 0 aliphatic carbocycles. The Balaban J connectivity index is 2.04. The summed E-state index contributed by atoms with van der Waals surface area (Å²) in [6.45, 7) is 0.464. The molecule has 2 heterocycles. The van der Waals surface area contributed by atoms with E-state index in [1.165, 1.54) is 6.20 Å². The van der Waals surface area contributed by atoms with E-state index < -0.39 is 0 Å². The van der Waals surface area contributed by atoms with Crippen LogP contribution in [0.1, 0.15) is 11.4 Å². The molecular formula is C11H12N6O. The summed E-state index contributed by atoms with van der Waals surface area (Å²) in [7, 11) is 3.39. The van der Waals surface area contributed by atoms with Crippen molar-refractivity contribution in [3.63, 3.8) is 0 Å². The second kappa shape index (κ2) is 5.14. The molecule has 1 N–H and O–H groups in total. The molecule has 92 valence electrons. The first kappa shape index (κ1) is 11.9. The van der Waals surface area contributed by atoms with Gasteiger partial charge in [-0.2, -0.15) is 10.4 Å². The monoisotopic (exact) mass is 244 g/mol. The molecule has 0 saturated heterocycles. The van der Waals surface area contributed by atoms with Gasteiger partial charge in [0.2, 0.25) is 11.8 Å². The average Bonchev–Trinajstić information content (AvgIpc) is 2.77. The molecule has 0 aliphatic rings. The number of anilines is 1. The van der Waals surface area contributed by atoms with Crippen molar-refractivity contribution in [1.82, 2.24) is 19.7 Å². The fourth-order valence-corrected chi connectivity index (χ4v) is 1.46. The number of aromatic nitrogens is 4. The molecule has 18 heavy (non-hydrogen) atoms. The van der Waals surface area contributed by atoms with Gasteiger partial charge in [-0.15, -0.1) is 0 Å². The fraction of sp³-hybridized carbons (Fsp3) is 0.273. The molecular weight excluding hydrogens is 232 g/mol. The maximum absolute atomic E-state index is 8.72. The quantitative estimate of drug-likeness (QED) is 0.851. The zero-order valence-electron chi connectivity index (χ0n) is 10.1. The molecule has 0 atom stereocenters. The van der Waals surface area contributed by atoms with E-state index in [1.54, 1.807) is 24.9 Å². The first-order valence-corrected chi connectivity index (χ1v) is 5.27. The Bertz CT molecular complexity index is 585. The van der Waals surface area contributed by atoms with E-state index in [-0.39, 0.29) is 0 Å². The Morgan fingerprint density at radius 1 is 1.56 bits per heavy atom. The Kier molecular flexibility index (Phi) is 3.38. The van der Waals surface area contributed by atoms with Gasteiger partial charge in [0.25, 0.3) is 0 Å². The molecule has 2 aromatic heterocycles. The predicted octanol–water partition coefficient (Wildman–Crippen LogP) is 0.702. The second-order valence-electron chi connectivity index (χ2n) is 3.53. The lowest BCUT2D eigenvalue weighted by atomic mass is 10.4. The standard InChI is InChI=1S/C11H12N6O/c1-17-10(18-2)5-9(16-17)7-14-11-13-4-3-8(6-12)15-11/h3-5H,7H2,1-2H3,(H,13,14,15). The van der Waals surface area contributed by atoms with Crippen LogP contribution < -0.4 is 10.1 Å². The lowest BCUT2D eigenvalue weighted by Gasteiger charge is -2.01. The number of rotatable bonds is 4. The van der Waals surface area contributed by atoms with E-state index >= 15 is 0 Å². The van der Waals surface area contributed by atoms with Crippen LogP contribution in [0.15, 0.2) is 18.3 Å². The molecule has 0 amide bonds. The van der Waals surface area contributed by atoms with Crippen molar-refractivity contribution in [3.8, 4) is 11.9 Å². The van der Waals surface area contributed by atoms with Crippen molar-refractivity contribution < 1.29 is 4.74 Å². The van der Waals surface area contributed by atoms with Crippen molar-refractivity contribution in [2.75, 3.05) is 12.4 Å². The largest absolute Gasteiger partial charge is 0.481 e. The topological polar surface area (TPSA) is 88.7 Å². The van der Waals surface area contributed by atoms with Crippen LogP contribution in [0.4, 0.5) is 5.95 Å². The molecule has 0 radical (unpaired) electrons. The van der Waals surface area contributed by atoms with Gasteiger partial charge in [0.05, 0.1) is 19.3 Å². The molecule has 0 bridgehead atoms. The van der Waals surface area contributed by atoms with Gasteiger partial charge in [-0.05, 0) is 6.07 Å². The third-order valence-corrected chi connectivity index (χ3v) is 2.29. The highest BCUT2D eigenvalue weighted by Gasteiger charge is 2.05. The van der Waals surface area contributed by atoms with Crippen molar-refractivity contribution in [3.05, 3.63) is 29.7 Å². The number of hydrogen-bond acceptors (Lipinski definition) is 6. The lowest BCUT2D eigenvalue weighted by molar-refractivity contribution is 0.373. The van der Waals surface area contributed by atoms with E-state index in [0.29, 0.717) is 24.1 Å². The maximum Gasteiger partial charge on any atom is 0.224 e. The van der Waals surface area contributed by atoms with Crippen molar-refractivity contribution >= 4 is 5.95 Å². The number of nitriles is 1. The molecule has 0 spiro atoms. The van der Waals surface area contributed by atoms with Gasteiger partial charge >= 0.3 is 0 Å². The minimum atomic E-state index is 0.325. The molecule has 0 fully saturated rings. The minimum absolute atomic E-state index is 0.325.